The summed E-state index contributed by atoms with van der Waals surface area (Å²) in [4.78, 5) is 8.10. The number of rotatable bonds is 4. The van der Waals surface area contributed by atoms with Gasteiger partial charge in [0.2, 0.25) is 0 Å². The molecule has 0 radical (unpaired) electrons. The molecule has 7 heteroatoms. The van der Waals surface area contributed by atoms with Gasteiger partial charge in [0.15, 0.2) is 0 Å². The van der Waals surface area contributed by atoms with Gasteiger partial charge in [0.25, 0.3) is 0 Å². The molecular weight excluding hydrogens is 437 g/mol. The number of H-pyrrole nitrogens is 1. The van der Waals surface area contributed by atoms with Gasteiger partial charge in [0, 0.05) is 11.1 Å². The number of benzene rings is 3. The predicted octanol–water partition coefficient (Wildman–Crippen LogP) is 7.78. The molecule has 0 aliphatic heterocycles. The summed E-state index contributed by atoms with van der Waals surface area (Å²) < 4.78 is 45.5. The number of halogens is 4. The Morgan fingerprint density at radius 2 is 1.66 bits per heavy atom. The normalized spacial score (nSPS) is 12.3. The molecule has 4 rings (SSSR count). The van der Waals surface area contributed by atoms with Crippen molar-refractivity contribution in [3.8, 4) is 17.1 Å². The fourth-order valence-electron chi connectivity index (χ4n) is 3.61. The first-order chi connectivity index (χ1) is 15.0. The maximum Gasteiger partial charge on any atom is 0.416 e. The van der Waals surface area contributed by atoms with Crippen LogP contribution < -0.4 is 4.74 Å². The molecule has 166 valence electrons. The Morgan fingerprint density at radius 3 is 2.38 bits per heavy atom. The summed E-state index contributed by atoms with van der Waals surface area (Å²) in [5, 5.41) is 0.310. The first-order valence-electron chi connectivity index (χ1n) is 10.1. The van der Waals surface area contributed by atoms with E-state index in [1.807, 2.05) is 12.1 Å². The van der Waals surface area contributed by atoms with Crippen LogP contribution in [0.15, 0.2) is 60.7 Å². The fraction of sp³-hybridized carbons (Fsp3) is 0.240. The highest BCUT2D eigenvalue weighted by molar-refractivity contribution is 6.32. The monoisotopic (exact) mass is 458 g/mol. The summed E-state index contributed by atoms with van der Waals surface area (Å²) in [6.07, 6.45) is -4.45. The largest absolute Gasteiger partial charge is 0.487 e. The van der Waals surface area contributed by atoms with Crippen molar-refractivity contribution in [2.75, 3.05) is 0 Å². The van der Waals surface area contributed by atoms with E-state index < -0.39 is 11.7 Å². The van der Waals surface area contributed by atoms with Crippen molar-refractivity contribution in [2.24, 2.45) is 0 Å². The summed E-state index contributed by atoms with van der Waals surface area (Å²) >= 11 is 6.27. The minimum Gasteiger partial charge on any atom is -0.487 e. The molecule has 0 aliphatic rings. The number of nitrogens with zero attached hydrogens (tertiary/aromatic N) is 1. The molecule has 0 atom stereocenters. The van der Waals surface area contributed by atoms with Crippen molar-refractivity contribution in [3.05, 3.63) is 82.4 Å². The zero-order valence-corrected chi connectivity index (χ0v) is 18.6. The van der Waals surface area contributed by atoms with Crippen LogP contribution in [-0.2, 0) is 18.2 Å². The molecule has 1 aromatic heterocycles. The third-order valence-electron chi connectivity index (χ3n) is 5.23. The van der Waals surface area contributed by atoms with E-state index in [1.54, 1.807) is 24.3 Å². The van der Waals surface area contributed by atoms with Crippen LogP contribution in [0.5, 0.6) is 5.75 Å². The first kappa shape index (κ1) is 22.2. The smallest absolute Gasteiger partial charge is 0.416 e. The number of alkyl halides is 3. The van der Waals surface area contributed by atoms with E-state index in [0.717, 1.165) is 28.2 Å². The van der Waals surface area contributed by atoms with Crippen LogP contribution in [0.2, 0.25) is 5.02 Å². The van der Waals surface area contributed by atoms with Crippen molar-refractivity contribution in [1.82, 2.24) is 9.97 Å². The highest BCUT2D eigenvalue weighted by Crippen LogP contribution is 2.35. The number of imidazole rings is 1. The Labute approximate surface area is 189 Å². The highest BCUT2D eigenvalue weighted by atomic mass is 35.5. The summed E-state index contributed by atoms with van der Waals surface area (Å²) in [6, 6.07) is 16.5. The standard InChI is InChI=1S/C25H22ClF3N2O/c1-24(2,3)18-9-6-10-20-22(18)31-23(30-20)15-11-12-19(26)21(13-15)32-14-16-7-4-5-8-17(16)25(27,28)29/h4-13H,14H2,1-3H3,(H,30,31). The SMILES string of the molecule is CC(C)(C)c1cccc2[nH]c(-c3ccc(Cl)c(OCc4ccccc4C(F)(F)F)c3)nc12. The second-order valence-electron chi connectivity index (χ2n) is 8.63. The molecule has 32 heavy (non-hydrogen) atoms. The maximum absolute atomic E-state index is 13.3. The van der Waals surface area contributed by atoms with Crippen molar-refractivity contribution >= 4 is 22.6 Å². The van der Waals surface area contributed by atoms with Gasteiger partial charge in [-0.05, 0) is 41.3 Å². The Bertz CT molecular complexity index is 1270. The van der Waals surface area contributed by atoms with Gasteiger partial charge in [-0.3, -0.25) is 0 Å². The van der Waals surface area contributed by atoms with Crippen LogP contribution in [0.25, 0.3) is 22.4 Å². The predicted molar refractivity (Wildman–Crippen MR) is 121 cm³/mol. The van der Waals surface area contributed by atoms with Gasteiger partial charge in [-0.25, -0.2) is 4.98 Å². The van der Waals surface area contributed by atoms with Gasteiger partial charge in [0.1, 0.15) is 18.2 Å². The topological polar surface area (TPSA) is 37.9 Å². The Morgan fingerprint density at radius 1 is 0.938 bits per heavy atom. The second-order valence-corrected chi connectivity index (χ2v) is 9.03. The van der Waals surface area contributed by atoms with E-state index in [1.165, 1.54) is 12.1 Å². The van der Waals surface area contributed by atoms with Crippen LogP contribution in [0, 0.1) is 0 Å². The number of aromatic amines is 1. The number of fused-ring (bicyclic) bond motifs is 1. The molecule has 3 aromatic carbocycles. The number of hydrogen-bond donors (Lipinski definition) is 1. The number of aromatic nitrogens is 2. The molecule has 0 saturated heterocycles. The van der Waals surface area contributed by atoms with Gasteiger partial charge in [-0.1, -0.05) is 62.7 Å². The van der Waals surface area contributed by atoms with Crippen LogP contribution in [0.3, 0.4) is 0 Å². The summed E-state index contributed by atoms with van der Waals surface area (Å²) in [6.45, 7) is 6.13. The number of nitrogens with one attached hydrogen (secondary N) is 1. The molecule has 1 N–H and O–H groups in total. The quantitative estimate of drug-likeness (QED) is 0.339. The molecule has 1 heterocycles. The molecule has 0 amide bonds. The summed E-state index contributed by atoms with van der Waals surface area (Å²) in [5.74, 6) is 0.923. The lowest BCUT2D eigenvalue weighted by Crippen LogP contribution is -2.11. The molecule has 0 fully saturated rings. The lowest BCUT2D eigenvalue weighted by Gasteiger charge is -2.19. The Kier molecular flexibility index (Phi) is 5.67. The van der Waals surface area contributed by atoms with Gasteiger partial charge >= 0.3 is 6.18 Å². The van der Waals surface area contributed by atoms with E-state index in [2.05, 4.69) is 31.8 Å². The molecular formula is C25H22ClF3N2O. The third kappa shape index (κ3) is 4.46. The van der Waals surface area contributed by atoms with E-state index in [9.17, 15) is 13.2 Å². The van der Waals surface area contributed by atoms with E-state index in [4.69, 9.17) is 21.3 Å². The summed E-state index contributed by atoms with van der Waals surface area (Å²) in [7, 11) is 0. The second kappa shape index (κ2) is 8.17. The lowest BCUT2D eigenvalue weighted by atomic mass is 9.86. The van der Waals surface area contributed by atoms with Gasteiger partial charge in [0.05, 0.1) is 21.6 Å². The summed E-state index contributed by atoms with van der Waals surface area (Å²) in [5.41, 5.74) is 2.87. The zero-order chi connectivity index (χ0) is 23.1. The van der Waals surface area contributed by atoms with Crippen molar-refractivity contribution in [1.29, 1.82) is 0 Å². The Balaban J connectivity index is 1.66. The van der Waals surface area contributed by atoms with Crippen molar-refractivity contribution < 1.29 is 17.9 Å². The van der Waals surface area contributed by atoms with Crippen LogP contribution in [0.1, 0.15) is 37.5 Å². The third-order valence-corrected chi connectivity index (χ3v) is 5.54. The van der Waals surface area contributed by atoms with Gasteiger partial charge < -0.3 is 9.72 Å². The molecule has 0 saturated carbocycles. The van der Waals surface area contributed by atoms with Crippen LogP contribution in [0.4, 0.5) is 13.2 Å². The molecule has 0 spiro atoms. The van der Waals surface area contributed by atoms with Gasteiger partial charge in [-0.2, -0.15) is 13.2 Å². The van der Waals surface area contributed by atoms with Crippen molar-refractivity contribution in [3.63, 3.8) is 0 Å². The lowest BCUT2D eigenvalue weighted by molar-refractivity contribution is -0.138. The van der Waals surface area contributed by atoms with E-state index in [0.29, 0.717) is 10.8 Å². The molecule has 0 aliphatic carbocycles. The molecule has 3 nitrogen and oxygen atoms in total. The molecule has 0 unspecified atom stereocenters. The van der Waals surface area contributed by atoms with Gasteiger partial charge in [-0.15, -0.1) is 0 Å². The van der Waals surface area contributed by atoms with Crippen LogP contribution in [-0.4, -0.2) is 9.97 Å². The molecule has 4 aromatic rings. The average molecular weight is 459 g/mol. The average Bonchev–Trinajstić information content (AvgIpc) is 3.16. The number of hydrogen-bond acceptors (Lipinski definition) is 2. The minimum atomic E-state index is -4.45. The van der Waals surface area contributed by atoms with Crippen LogP contribution >= 0.6 is 11.6 Å². The maximum atomic E-state index is 13.3. The Hall–Kier alpha value is -2.99. The van der Waals surface area contributed by atoms with E-state index in [-0.39, 0.29) is 23.3 Å². The van der Waals surface area contributed by atoms with Crippen molar-refractivity contribution in [2.45, 2.75) is 39.0 Å². The van der Waals surface area contributed by atoms with E-state index >= 15 is 0 Å². The highest BCUT2D eigenvalue weighted by Gasteiger charge is 2.33. The zero-order valence-electron chi connectivity index (χ0n) is 17.8. The fourth-order valence-corrected chi connectivity index (χ4v) is 3.79. The minimum absolute atomic E-state index is 0.0417. The number of ether oxygens (including phenoxy) is 1. The number of para-hydroxylation sites is 1. The molecule has 0 bridgehead atoms. The first-order valence-corrected chi connectivity index (χ1v) is 10.5.